The van der Waals surface area contributed by atoms with Crippen molar-refractivity contribution < 1.29 is 14.0 Å². The molecule has 0 radical (unpaired) electrons. The third kappa shape index (κ3) is 3.21. The molecule has 19 heavy (non-hydrogen) atoms. The van der Waals surface area contributed by atoms with Crippen LogP contribution in [0.2, 0.25) is 0 Å². The number of halogens is 1. The molecule has 0 aromatic heterocycles. The van der Waals surface area contributed by atoms with Crippen LogP contribution in [0.4, 0.5) is 10.1 Å². The molecule has 6 heteroatoms. The molecule has 0 aliphatic carbocycles. The van der Waals surface area contributed by atoms with Crippen molar-refractivity contribution in [3.05, 3.63) is 30.1 Å². The van der Waals surface area contributed by atoms with Crippen molar-refractivity contribution in [2.24, 2.45) is 5.73 Å². The lowest BCUT2D eigenvalue weighted by Gasteiger charge is -2.22. The van der Waals surface area contributed by atoms with Crippen LogP contribution in [-0.4, -0.2) is 35.8 Å². The standard InChI is InChI=1S/C13H16FN3O2/c14-9-3-5-10(6-4-9)16-8-12(18)17-7-1-2-11(17)13(15)19/h3-6,11,16H,1-2,7-8H2,(H2,15,19)/t11-/m0/s1. The molecule has 5 nitrogen and oxygen atoms in total. The summed E-state index contributed by atoms with van der Waals surface area (Å²) in [5.41, 5.74) is 5.91. The summed E-state index contributed by atoms with van der Waals surface area (Å²) >= 11 is 0. The van der Waals surface area contributed by atoms with E-state index < -0.39 is 11.9 Å². The van der Waals surface area contributed by atoms with E-state index in [2.05, 4.69) is 5.32 Å². The number of hydrogen-bond acceptors (Lipinski definition) is 3. The number of amides is 2. The first kappa shape index (κ1) is 13.3. The highest BCUT2D eigenvalue weighted by Gasteiger charge is 2.32. The lowest BCUT2D eigenvalue weighted by atomic mass is 10.2. The molecule has 2 amide bonds. The summed E-state index contributed by atoms with van der Waals surface area (Å²) in [7, 11) is 0. The molecule has 0 bridgehead atoms. The third-order valence-corrected chi connectivity index (χ3v) is 3.19. The van der Waals surface area contributed by atoms with Gasteiger partial charge in [-0.2, -0.15) is 0 Å². The Kier molecular flexibility index (Phi) is 3.99. The molecule has 1 aliphatic rings. The lowest BCUT2D eigenvalue weighted by molar-refractivity contribution is -0.135. The third-order valence-electron chi connectivity index (χ3n) is 3.19. The summed E-state index contributed by atoms with van der Waals surface area (Å²) in [6, 6.07) is 5.24. The second-order valence-corrected chi connectivity index (χ2v) is 4.51. The van der Waals surface area contributed by atoms with Crippen LogP contribution in [0.5, 0.6) is 0 Å². The number of anilines is 1. The number of nitrogens with one attached hydrogen (secondary N) is 1. The second kappa shape index (κ2) is 5.69. The van der Waals surface area contributed by atoms with Crippen LogP contribution in [0.15, 0.2) is 24.3 Å². The van der Waals surface area contributed by atoms with Gasteiger partial charge in [-0.1, -0.05) is 0 Å². The first-order valence-electron chi connectivity index (χ1n) is 6.16. The normalized spacial score (nSPS) is 18.4. The Hall–Kier alpha value is -2.11. The molecule has 1 aromatic carbocycles. The Morgan fingerprint density at radius 1 is 1.37 bits per heavy atom. The van der Waals surface area contributed by atoms with Gasteiger partial charge < -0.3 is 16.0 Å². The van der Waals surface area contributed by atoms with Gasteiger partial charge in [0, 0.05) is 12.2 Å². The zero-order chi connectivity index (χ0) is 13.8. The van der Waals surface area contributed by atoms with Crippen LogP contribution in [0.25, 0.3) is 0 Å². The van der Waals surface area contributed by atoms with Crippen LogP contribution in [0, 0.1) is 5.82 Å². The summed E-state index contributed by atoms with van der Waals surface area (Å²) in [4.78, 5) is 24.7. The van der Waals surface area contributed by atoms with E-state index in [1.807, 2.05) is 0 Å². The molecular weight excluding hydrogens is 249 g/mol. The fourth-order valence-corrected chi connectivity index (χ4v) is 2.21. The van der Waals surface area contributed by atoms with Crippen LogP contribution in [0.1, 0.15) is 12.8 Å². The van der Waals surface area contributed by atoms with Crippen molar-refractivity contribution in [1.82, 2.24) is 4.90 Å². The van der Waals surface area contributed by atoms with Gasteiger partial charge in [0.15, 0.2) is 0 Å². The first-order valence-corrected chi connectivity index (χ1v) is 6.16. The SMILES string of the molecule is NC(=O)[C@@H]1CCCN1C(=O)CNc1ccc(F)cc1. The summed E-state index contributed by atoms with van der Waals surface area (Å²) in [5.74, 6) is -0.969. The number of nitrogens with zero attached hydrogens (tertiary/aromatic N) is 1. The minimum absolute atomic E-state index is 0.0649. The van der Waals surface area contributed by atoms with E-state index in [1.54, 1.807) is 12.1 Å². The average Bonchev–Trinajstić information content (AvgIpc) is 2.87. The molecule has 1 aliphatic heterocycles. The maximum absolute atomic E-state index is 12.7. The maximum Gasteiger partial charge on any atom is 0.242 e. The number of likely N-dealkylation sites (tertiary alicyclic amines) is 1. The number of primary amides is 1. The zero-order valence-electron chi connectivity index (χ0n) is 10.4. The van der Waals surface area contributed by atoms with Gasteiger partial charge in [-0.05, 0) is 37.1 Å². The van der Waals surface area contributed by atoms with Crippen LogP contribution < -0.4 is 11.1 Å². The average molecular weight is 265 g/mol. The van der Waals surface area contributed by atoms with E-state index in [0.29, 0.717) is 18.7 Å². The Morgan fingerprint density at radius 3 is 2.68 bits per heavy atom. The Morgan fingerprint density at radius 2 is 2.05 bits per heavy atom. The summed E-state index contributed by atoms with van der Waals surface area (Å²) in [6.07, 6.45) is 1.41. The number of carbonyl (C=O) groups excluding carboxylic acids is 2. The number of carbonyl (C=O) groups is 2. The van der Waals surface area contributed by atoms with Gasteiger partial charge in [0.25, 0.3) is 0 Å². The van der Waals surface area contributed by atoms with E-state index in [0.717, 1.165) is 6.42 Å². The zero-order valence-corrected chi connectivity index (χ0v) is 10.4. The molecule has 1 heterocycles. The molecule has 0 saturated carbocycles. The molecule has 1 saturated heterocycles. The number of benzene rings is 1. The predicted octanol–water partition coefficient (Wildman–Crippen LogP) is 0.714. The van der Waals surface area contributed by atoms with Crippen molar-refractivity contribution in [3.8, 4) is 0 Å². The highest BCUT2D eigenvalue weighted by Crippen LogP contribution is 2.17. The molecule has 3 N–H and O–H groups in total. The second-order valence-electron chi connectivity index (χ2n) is 4.51. The van der Waals surface area contributed by atoms with Gasteiger partial charge in [-0.15, -0.1) is 0 Å². The molecule has 2 rings (SSSR count). The molecule has 1 aromatic rings. The Balaban J connectivity index is 1.90. The van der Waals surface area contributed by atoms with Gasteiger partial charge in [0.1, 0.15) is 11.9 Å². The largest absolute Gasteiger partial charge is 0.376 e. The van der Waals surface area contributed by atoms with Gasteiger partial charge >= 0.3 is 0 Å². The molecule has 0 unspecified atom stereocenters. The minimum atomic E-state index is -0.498. The van der Waals surface area contributed by atoms with E-state index in [9.17, 15) is 14.0 Å². The molecule has 0 spiro atoms. The van der Waals surface area contributed by atoms with E-state index >= 15 is 0 Å². The molecule has 102 valence electrons. The topological polar surface area (TPSA) is 75.4 Å². The summed E-state index contributed by atoms with van der Waals surface area (Å²) in [6.45, 7) is 0.618. The maximum atomic E-state index is 12.7. The van der Waals surface area contributed by atoms with Crippen molar-refractivity contribution in [1.29, 1.82) is 0 Å². The van der Waals surface area contributed by atoms with Gasteiger partial charge in [-0.25, -0.2) is 4.39 Å². The van der Waals surface area contributed by atoms with E-state index in [1.165, 1.54) is 17.0 Å². The smallest absolute Gasteiger partial charge is 0.242 e. The fourth-order valence-electron chi connectivity index (χ4n) is 2.21. The van der Waals surface area contributed by atoms with Gasteiger partial charge in [0.2, 0.25) is 11.8 Å². The van der Waals surface area contributed by atoms with Crippen molar-refractivity contribution in [2.75, 3.05) is 18.4 Å². The van der Waals surface area contributed by atoms with Crippen molar-refractivity contribution in [3.63, 3.8) is 0 Å². The first-order chi connectivity index (χ1) is 9.08. The highest BCUT2D eigenvalue weighted by molar-refractivity contribution is 5.89. The number of hydrogen-bond donors (Lipinski definition) is 2. The molecule has 1 atom stereocenters. The van der Waals surface area contributed by atoms with E-state index in [-0.39, 0.29) is 18.3 Å². The van der Waals surface area contributed by atoms with Crippen LogP contribution in [0.3, 0.4) is 0 Å². The lowest BCUT2D eigenvalue weighted by Crippen LogP contribution is -2.45. The Bertz CT molecular complexity index is 475. The van der Waals surface area contributed by atoms with Crippen LogP contribution >= 0.6 is 0 Å². The highest BCUT2D eigenvalue weighted by atomic mass is 19.1. The quantitative estimate of drug-likeness (QED) is 0.842. The predicted molar refractivity (Wildman–Crippen MR) is 68.8 cm³/mol. The minimum Gasteiger partial charge on any atom is -0.376 e. The fraction of sp³-hybridized carbons (Fsp3) is 0.385. The monoisotopic (exact) mass is 265 g/mol. The van der Waals surface area contributed by atoms with Crippen molar-refractivity contribution in [2.45, 2.75) is 18.9 Å². The number of rotatable bonds is 4. The summed E-state index contributed by atoms with van der Waals surface area (Å²) < 4.78 is 12.7. The van der Waals surface area contributed by atoms with Crippen molar-refractivity contribution >= 4 is 17.5 Å². The van der Waals surface area contributed by atoms with E-state index in [4.69, 9.17) is 5.73 Å². The number of nitrogens with two attached hydrogens (primary N) is 1. The Labute approximate surface area is 110 Å². The van der Waals surface area contributed by atoms with Gasteiger partial charge in [0.05, 0.1) is 6.54 Å². The van der Waals surface area contributed by atoms with Gasteiger partial charge in [-0.3, -0.25) is 9.59 Å². The molecule has 1 fully saturated rings. The van der Waals surface area contributed by atoms with Crippen LogP contribution in [-0.2, 0) is 9.59 Å². The summed E-state index contributed by atoms with van der Waals surface area (Å²) in [5, 5.41) is 2.90. The molecular formula is C13H16FN3O2.